The molecule has 0 heterocycles. The Balaban J connectivity index is 2.16. The minimum absolute atomic E-state index is 0.219. The minimum atomic E-state index is -0.219. The normalized spacial score (nSPS) is 9.88. The molecule has 0 radical (unpaired) electrons. The molecule has 3 heteroatoms. The van der Waals surface area contributed by atoms with Crippen LogP contribution in [0.2, 0.25) is 0 Å². The quantitative estimate of drug-likeness (QED) is 0.721. The third-order valence-electron chi connectivity index (χ3n) is 2.22. The van der Waals surface area contributed by atoms with Crippen LogP contribution in [0.1, 0.15) is 5.56 Å². The molecular weight excluding hydrogens is 325 g/mol. The zero-order valence-electron chi connectivity index (χ0n) is 9.35. The first kappa shape index (κ1) is 11.9. The van der Waals surface area contributed by atoms with Crippen molar-refractivity contribution >= 4 is 0 Å². The zero-order valence-corrected chi connectivity index (χ0v) is 11.5. The van der Waals surface area contributed by atoms with Crippen LogP contribution < -0.4 is 25.9 Å². The maximum absolute atomic E-state index is 8.84. The third kappa shape index (κ3) is 3.21. The van der Waals surface area contributed by atoms with Crippen LogP contribution in [0.4, 0.5) is 0 Å². The van der Waals surface area contributed by atoms with Crippen LogP contribution in [0, 0.1) is 18.5 Å². The molecule has 0 aromatic heterocycles. The van der Waals surface area contributed by atoms with E-state index in [0.717, 1.165) is 11.3 Å². The van der Waals surface area contributed by atoms with Gasteiger partial charge in [0.2, 0.25) is 0 Å². The van der Waals surface area contributed by atoms with Gasteiger partial charge in [-0.2, -0.15) is 0 Å². The predicted octanol–water partition coefficient (Wildman–Crippen LogP) is -0.305. The summed E-state index contributed by atoms with van der Waals surface area (Å²) in [7, 11) is 1.67. The van der Waals surface area contributed by atoms with Crippen LogP contribution in [0.25, 0.3) is 0 Å². The maximum atomic E-state index is 8.84. The van der Waals surface area contributed by atoms with Crippen molar-refractivity contribution in [3.63, 3.8) is 0 Å². The Morgan fingerprint density at radius 2 is 1.82 bits per heavy atom. The molecule has 0 amide bonds. The molecule has 2 aromatic carbocycles. The van der Waals surface area contributed by atoms with Gasteiger partial charge in [0, 0.05) is 0 Å². The molecule has 86 valence electrons. The van der Waals surface area contributed by atoms with Crippen molar-refractivity contribution in [1.29, 1.82) is 5.26 Å². The molecule has 0 aliphatic heterocycles. The van der Waals surface area contributed by atoms with E-state index in [1.807, 2.05) is 30.3 Å². The molecule has 2 aromatic rings. The van der Waals surface area contributed by atoms with E-state index in [1.165, 1.54) is 7.14 Å². The van der Waals surface area contributed by atoms with Gasteiger partial charge in [-0.3, -0.25) is 0 Å². The summed E-state index contributed by atoms with van der Waals surface area (Å²) in [5.41, 5.74) is 0.732. The summed E-state index contributed by atoms with van der Waals surface area (Å²) in [5.74, 6) is 0.878. The summed E-state index contributed by atoms with van der Waals surface area (Å²) in [5, 5.41) is 8.84. The Labute approximate surface area is 111 Å². The van der Waals surface area contributed by atoms with Crippen LogP contribution >= 0.6 is 0 Å². The number of methoxy groups -OCH3 is 1. The number of nitriles is 1. The van der Waals surface area contributed by atoms with Gasteiger partial charge in [-0.1, -0.05) is 0 Å². The van der Waals surface area contributed by atoms with Crippen LogP contribution in [0.15, 0.2) is 48.5 Å². The van der Waals surface area contributed by atoms with Crippen LogP contribution in [0.5, 0.6) is 5.75 Å². The molecule has 0 saturated carbocycles. The number of ether oxygens (including phenoxy) is 1. The Morgan fingerprint density at radius 1 is 1.06 bits per heavy atom. The van der Waals surface area contributed by atoms with E-state index in [-0.39, 0.29) is 21.2 Å². The topological polar surface area (TPSA) is 33.0 Å². The van der Waals surface area contributed by atoms with E-state index in [1.54, 1.807) is 7.11 Å². The third-order valence-corrected chi connectivity index (χ3v) is 4.86. The van der Waals surface area contributed by atoms with Crippen molar-refractivity contribution in [1.82, 2.24) is 0 Å². The van der Waals surface area contributed by atoms with Crippen LogP contribution in [-0.4, -0.2) is 7.11 Å². The molecule has 0 fully saturated rings. The molecular formula is C14H11INO-. The standard InChI is InChI=1S/C14H11INO/c1-17-14-7-5-12(6-8-14)15-13-4-2-3-11(9-13)10-16/h2-9H,1H3/q-1. The summed E-state index contributed by atoms with van der Waals surface area (Å²) in [6.45, 7) is 0. The first-order valence-electron chi connectivity index (χ1n) is 5.11. The van der Waals surface area contributed by atoms with E-state index in [4.69, 9.17) is 10.00 Å². The zero-order chi connectivity index (χ0) is 12.1. The summed E-state index contributed by atoms with van der Waals surface area (Å²) < 4.78 is 7.70. The summed E-state index contributed by atoms with van der Waals surface area (Å²) in [6.07, 6.45) is 0. The fourth-order valence-corrected chi connectivity index (χ4v) is 3.69. The second-order valence-electron chi connectivity index (χ2n) is 3.37. The number of halogens is 1. The molecule has 0 saturated heterocycles. The van der Waals surface area contributed by atoms with Gasteiger partial charge >= 0.3 is 111 Å². The Bertz CT molecular complexity index is 543. The van der Waals surface area contributed by atoms with Gasteiger partial charge < -0.3 is 0 Å². The van der Waals surface area contributed by atoms with Crippen molar-refractivity contribution < 1.29 is 25.9 Å². The van der Waals surface area contributed by atoms with Crippen LogP contribution in [-0.2, 0) is 0 Å². The Hall–Kier alpha value is -1.54. The first-order valence-corrected chi connectivity index (χ1v) is 7.26. The van der Waals surface area contributed by atoms with E-state index in [0.29, 0.717) is 0 Å². The molecule has 2 nitrogen and oxygen atoms in total. The van der Waals surface area contributed by atoms with Gasteiger partial charge in [0.05, 0.1) is 0 Å². The predicted molar refractivity (Wildman–Crippen MR) is 61.5 cm³/mol. The van der Waals surface area contributed by atoms with Crippen LogP contribution in [0.3, 0.4) is 0 Å². The van der Waals surface area contributed by atoms with E-state index in [9.17, 15) is 0 Å². The molecule has 0 aliphatic rings. The van der Waals surface area contributed by atoms with E-state index >= 15 is 0 Å². The summed E-state index contributed by atoms with van der Waals surface area (Å²) in [6, 6.07) is 18.1. The molecule has 0 atom stereocenters. The number of nitrogens with zero attached hydrogens (tertiary/aromatic N) is 1. The molecule has 0 bridgehead atoms. The molecule has 0 unspecified atom stereocenters. The summed E-state index contributed by atoms with van der Waals surface area (Å²) >= 11 is -0.219. The van der Waals surface area contributed by atoms with Crippen molar-refractivity contribution in [2.45, 2.75) is 0 Å². The SMILES string of the molecule is COc1ccc([I-]c2cccc(C#N)c2)cc1. The number of hydrogen-bond acceptors (Lipinski definition) is 2. The molecule has 17 heavy (non-hydrogen) atoms. The van der Waals surface area contributed by atoms with Gasteiger partial charge in [-0.15, -0.1) is 0 Å². The molecule has 0 spiro atoms. The fraction of sp³-hybridized carbons (Fsp3) is 0.0714. The second-order valence-corrected chi connectivity index (χ2v) is 6.41. The monoisotopic (exact) mass is 336 g/mol. The van der Waals surface area contributed by atoms with E-state index in [2.05, 4.69) is 24.3 Å². The van der Waals surface area contributed by atoms with Crippen molar-refractivity contribution in [3.05, 3.63) is 61.2 Å². The van der Waals surface area contributed by atoms with Crippen molar-refractivity contribution in [3.8, 4) is 11.8 Å². The van der Waals surface area contributed by atoms with Gasteiger partial charge in [-0.25, -0.2) is 0 Å². The average molecular weight is 336 g/mol. The molecule has 0 aliphatic carbocycles. The van der Waals surface area contributed by atoms with Gasteiger partial charge in [0.25, 0.3) is 0 Å². The van der Waals surface area contributed by atoms with Gasteiger partial charge in [-0.05, 0) is 0 Å². The molecule has 2 rings (SSSR count). The van der Waals surface area contributed by atoms with E-state index < -0.39 is 0 Å². The van der Waals surface area contributed by atoms with Crippen molar-refractivity contribution in [2.75, 3.05) is 7.11 Å². The van der Waals surface area contributed by atoms with Crippen molar-refractivity contribution in [2.24, 2.45) is 0 Å². The average Bonchev–Trinajstić information content (AvgIpc) is 2.40. The Kier molecular flexibility index (Phi) is 3.99. The Morgan fingerprint density at radius 3 is 2.47 bits per heavy atom. The number of benzene rings is 2. The summed E-state index contributed by atoms with van der Waals surface area (Å²) in [4.78, 5) is 0. The van der Waals surface area contributed by atoms with Gasteiger partial charge in [0.1, 0.15) is 0 Å². The fourth-order valence-electron chi connectivity index (χ4n) is 1.38. The number of hydrogen-bond donors (Lipinski definition) is 0. The molecule has 0 N–H and O–H groups in total. The first-order chi connectivity index (χ1) is 8.31. The van der Waals surface area contributed by atoms with Gasteiger partial charge in [0.15, 0.2) is 0 Å². The second kappa shape index (κ2) is 5.69. The number of rotatable bonds is 3.